The predicted molar refractivity (Wildman–Crippen MR) is 187 cm³/mol. The van der Waals surface area contributed by atoms with E-state index in [4.69, 9.17) is 19.2 Å². The maximum Gasteiger partial charge on any atom is 0.338 e. The molecule has 0 saturated carbocycles. The molecule has 5 rings (SSSR count). The molecule has 9 heteroatoms. The van der Waals surface area contributed by atoms with E-state index in [9.17, 15) is 9.59 Å². The molecule has 1 aliphatic heterocycles. The number of rotatable bonds is 11. The molecule has 1 aromatic heterocycles. The van der Waals surface area contributed by atoms with Gasteiger partial charge in [0.15, 0.2) is 16.3 Å². The Labute approximate surface area is 280 Å². The summed E-state index contributed by atoms with van der Waals surface area (Å²) in [6, 6.07) is 19.3. The number of thiazole rings is 1. The summed E-state index contributed by atoms with van der Waals surface area (Å²) >= 11 is 3.57. The van der Waals surface area contributed by atoms with Gasteiger partial charge in [0.1, 0.15) is 6.61 Å². The van der Waals surface area contributed by atoms with E-state index in [1.807, 2.05) is 86.7 Å². The van der Waals surface area contributed by atoms with Crippen molar-refractivity contribution in [3.05, 3.63) is 136 Å². The molecule has 7 nitrogen and oxygen atoms in total. The first-order valence-electron chi connectivity index (χ1n) is 14.8. The van der Waals surface area contributed by atoms with E-state index in [1.165, 1.54) is 11.3 Å². The maximum absolute atomic E-state index is 14.1. The third-order valence-electron chi connectivity index (χ3n) is 7.32. The predicted octanol–water partition coefficient (Wildman–Crippen LogP) is 6.42. The second-order valence-electron chi connectivity index (χ2n) is 10.6. The van der Waals surface area contributed by atoms with Crippen LogP contribution in [0.1, 0.15) is 54.6 Å². The summed E-state index contributed by atoms with van der Waals surface area (Å²) in [5.41, 5.74) is 5.29. The summed E-state index contributed by atoms with van der Waals surface area (Å²) in [6.07, 6.45) is 4.22. The zero-order valence-electron chi connectivity index (χ0n) is 25.8. The molecule has 45 heavy (non-hydrogen) atoms. The second-order valence-corrected chi connectivity index (χ2v) is 12.8. The van der Waals surface area contributed by atoms with Crippen molar-refractivity contribution in [1.82, 2.24) is 4.57 Å². The van der Waals surface area contributed by atoms with Gasteiger partial charge in [-0.1, -0.05) is 59.4 Å². The lowest BCUT2D eigenvalue weighted by molar-refractivity contribution is -0.139. The minimum Gasteiger partial charge on any atom is -0.490 e. The fourth-order valence-corrected chi connectivity index (χ4v) is 6.65. The van der Waals surface area contributed by atoms with Gasteiger partial charge in [-0.15, -0.1) is 6.58 Å². The average molecular weight is 735 g/mol. The highest BCUT2D eigenvalue weighted by Gasteiger charge is 2.33. The smallest absolute Gasteiger partial charge is 0.338 e. The number of carbonyl (C=O) groups excluding carboxylic acids is 1. The topological polar surface area (TPSA) is 79.1 Å². The van der Waals surface area contributed by atoms with Crippen molar-refractivity contribution < 1.29 is 19.0 Å². The molecule has 0 spiro atoms. The van der Waals surface area contributed by atoms with Gasteiger partial charge in [0.2, 0.25) is 0 Å². The highest BCUT2D eigenvalue weighted by atomic mass is 127. The highest BCUT2D eigenvalue weighted by molar-refractivity contribution is 14.1. The van der Waals surface area contributed by atoms with Gasteiger partial charge in [0.25, 0.3) is 5.56 Å². The summed E-state index contributed by atoms with van der Waals surface area (Å²) in [7, 11) is 0. The minimum absolute atomic E-state index is 0.223. The monoisotopic (exact) mass is 734 g/mol. The number of halogens is 1. The first-order chi connectivity index (χ1) is 21.7. The molecule has 1 atom stereocenters. The van der Waals surface area contributed by atoms with Crippen LogP contribution in [-0.4, -0.2) is 23.8 Å². The van der Waals surface area contributed by atoms with Gasteiger partial charge in [0.05, 0.1) is 35.1 Å². The normalized spacial score (nSPS) is 14.5. The quantitative estimate of drug-likeness (QED) is 0.101. The summed E-state index contributed by atoms with van der Waals surface area (Å²) in [5.74, 6) is 0.775. The molecule has 4 aromatic rings. The molecular weight excluding hydrogens is 699 g/mol. The van der Waals surface area contributed by atoms with Crippen LogP contribution in [0.5, 0.6) is 11.5 Å². The minimum atomic E-state index is -0.657. The van der Waals surface area contributed by atoms with Gasteiger partial charge in [-0.05, 0) is 104 Å². The van der Waals surface area contributed by atoms with Gasteiger partial charge in [0, 0.05) is 9.13 Å². The van der Waals surface area contributed by atoms with E-state index in [-0.39, 0.29) is 12.2 Å². The number of allylic oxidation sites excluding steroid dienone is 2. The number of hydrogen-bond acceptors (Lipinski definition) is 7. The second kappa shape index (κ2) is 14.4. The summed E-state index contributed by atoms with van der Waals surface area (Å²) in [5, 5.41) is 0. The molecule has 0 fully saturated rings. The van der Waals surface area contributed by atoms with Gasteiger partial charge in [-0.25, -0.2) is 9.79 Å². The van der Waals surface area contributed by atoms with Crippen molar-refractivity contribution in [2.45, 2.75) is 46.8 Å². The van der Waals surface area contributed by atoms with Crippen molar-refractivity contribution in [2.75, 3.05) is 13.2 Å². The third kappa shape index (κ3) is 7.15. The van der Waals surface area contributed by atoms with Gasteiger partial charge in [-0.3, -0.25) is 9.36 Å². The number of esters is 1. The van der Waals surface area contributed by atoms with Crippen LogP contribution in [0.15, 0.2) is 94.4 Å². The molecular formula is C36H35IN2O5S. The largest absolute Gasteiger partial charge is 0.490 e. The average Bonchev–Trinajstić information content (AvgIpc) is 3.31. The number of carbonyl (C=O) groups is 1. The first kappa shape index (κ1) is 32.4. The Hall–Kier alpha value is -3.96. The van der Waals surface area contributed by atoms with Gasteiger partial charge < -0.3 is 14.2 Å². The van der Waals surface area contributed by atoms with Crippen LogP contribution in [0.3, 0.4) is 0 Å². The van der Waals surface area contributed by atoms with Crippen LogP contribution in [0.4, 0.5) is 0 Å². The van der Waals surface area contributed by atoms with E-state index in [0.717, 1.165) is 31.4 Å². The first-order valence-corrected chi connectivity index (χ1v) is 16.7. The van der Waals surface area contributed by atoms with Crippen LogP contribution in [0.25, 0.3) is 6.08 Å². The molecule has 0 bridgehead atoms. The molecule has 0 amide bonds. The van der Waals surface area contributed by atoms with Crippen molar-refractivity contribution in [2.24, 2.45) is 4.99 Å². The Balaban J connectivity index is 1.62. The molecule has 0 unspecified atom stereocenters. The van der Waals surface area contributed by atoms with Crippen LogP contribution < -0.4 is 24.4 Å². The zero-order chi connectivity index (χ0) is 32.1. The maximum atomic E-state index is 14.1. The van der Waals surface area contributed by atoms with E-state index >= 15 is 0 Å². The third-order valence-corrected chi connectivity index (χ3v) is 9.02. The Morgan fingerprint density at radius 2 is 1.78 bits per heavy atom. The molecule has 232 valence electrons. The Morgan fingerprint density at radius 3 is 2.44 bits per heavy atom. The Kier molecular flexibility index (Phi) is 10.4. The lowest BCUT2D eigenvalue weighted by atomic mass is 9.95. The molecule has 0 radical (unpaired) electrons. The van der Waals surface area contributed by atoms with Crippen molar-refractivity contribution in [3.63, 3.8) is 0 Å². The van der Waals surface area contributed by atoms with Crippen molar-refractivity contribution in [1.29, 1.82) is 0 Å². The number of aromatic nitrogens is 1. The van der Waals surface area contributed by atoms with E-state index in [2.05, 4.69) is 29.2 Å². The van der Waals surface area contributed by atoms with Crippen LogP contribution in [0.2, 0.25) is 0 Å². The van der Waals surface area contributed by atoms with Crippen LogP contribution >= 0.6 is 33.9 Å². The highest BCUT2D eigenvalue weighted by Crippen LogP contribution is 2.35. The summed E-state index contributed by atoms with van der Waals surface area (Å²) < 4.78 is 21.0. The van der Waals surface area contributed by atoms with Crippen LogP contribution in [0, 0.1) is 10.5 Å². The van der Waals surface area contributed by atoms with E-state index in [1.54, 1.807) is 18.4 Å². The number of benzene rings is 3. The summed E-state index contributed by atoms with van der Waals surface area (Å²) in [6.45, 7) is 12.5. The van der Waals surface area contributed by atoms with Crippen molar-refractivity contribution in [3.8, 4) is 11.5 Å². The molecule has 1 aliphatic rings. The number of hydrogen-bond donors (Lipinski definition) is 0. The molecule has 0 saturated heterocycles. The molecule has 0 aliphatic carbocycles. The standard InChI is InChI=1S/C36H35IN2O5S/c1-6-9-27-18-25(19-29(42-7-2)33(27)44-21-24-12-16-28(37)17-13-24)20-30-34(40)39-32(26-14-10-22(4)11-15-26)31(35(41)43-8-3)23(5)38-36(39)45-30/h6,10-20,32H,1,7-9,21H2,2-5H3/b30-20+/t32-/m1/s1. The number of aryl methyl sites for hydroxylation is 1. The fourth-order valence-electron chi connectivity index (χ4n) is 5.24. The number of nitrogens with zero attached hydrogens (tertiary/aromatic N) is 2. The van der Waals surface area contributed by atoms with E-state index < -0.39 is 12.0 Å². The number of ether oxygens (including phenoxy) is 3. The lowest BCUT2D eigenvalue weighted by Gasteiger charge is -2.24. The lowest BCUT2D eigenvalue weighted by Crippen LogP contribution is -2.39. The Morgan fingerprint density at radius 1 is 1.04 bits per heavy atom. The molecule has 3 aromatic carbocycles. The van der Waals surface area contributed by atoms with E-state index in [0.29, 0.717) is 51.7 Å². The van der Waals surface area contributed by atoms with Crippen LogP contribution in [-0.2, 0) is 22.6 Å². The SMILES string of the molecule is C=CCc1cc(/C=c2/sc3n(c2=O)[C@H](c2ccc(C)cc2)C(C(=O)OCC)=C(C)N=3)cc(OCC)c1OCc1ccc(I)cc1. The van der Waals surface area contributed by atoms with Crippen molar-refractivity contribution >= 4 is 46.0 Å². The molecule has 2 heterocycles. The van der Waals surface area contributed by atoms with Gasteiger partial charge in [-0.2, -0.15) is 0 Å². The number of fused-ring (bicyclic) bond motifs is 1. The fraction of sp³-hybridized carbons (Fsp3) is 0.250. The summed E-state index contributed by atoms with van der Waals surface area (Å²) in [4.78, 5) is 32.5. The zero-order valence-corrected chi connectivity index (χ0v) is 28.7. The van der Waals surface area contributed by atoms with Gasteiger partial charge >= 0.3 is 5.97 Å². The Bertz CT molecular complexity index is 1940. The molecule has 0 N–H and O–H groups in total.